The summed E-state index contributed by atoms with van der Waals surface area (Å²) in [5.74, 6) is -0.203. The molecule has 2 heterocycles. The average molecular weight is 343 g/mol. The quantitative estimate of drug-likeness (QED) is 0.905. The van der Waals surface area contributed by atoms with Gasteiger partial charge >= 0.3 is 0 Å². The maximum absolute atomic E-state index is 14.4. The maximum Gasteiger partial charge on any atom is 0.128 e. The molecule has 4 nitrogen and oxygen atoms in total. The van der Waals surface area contributed by atoms with Gasteiger partial charge in [0.25, 0.3) is 0 Å². The smallest absolute Gasteiger partial charge is 0.128 e. The standard InChI is InChI=1S/C20H22FNO3/c21-18-9-5-4-8-16(18)20-10-11-24-19(17(20)13-25-22-20)14-23-12-15-6-2-1-3-7-15/h1-9,17,19,22H,10-14H2/t17-,19-,20-/m1/s1. The molecule has 0 unspecified atom stereocenters. The zero-order chi connectivity index (χ0) is 17.1. The minimum atomic E-state index is -0.551. The SMILES string of the molecule is Fc1ccccc1[C@]12CCO[C@H](COCc3ccccc3)[C@H]1CON2. The average Bonchev–Trinajstić information content (AvgIpc) is 3.09. The van der Waals surface area contributed by atoms with Gasteiger partial charge in [0.05, 0.1) is 31.5 Å². The molecule has 0 amide bonds. The van der Waals surface area contributed by atoms with E-state index in [0.29, 0.717) is 38.4 Å². The Labute approximate surface area is 146 Å². The number of fused-ring (bicyclic) bond motifs is 1. The Morgan fingerprint density at radius 1 is 1.12 bits per heavy atom. The number of rotatable bonds is 5. The van der Waals surface area contributed by atoms with Crippen LogP contribution in [-0.2, 0) is 26.5 Å². The summed E-state index contributed by atoms with van der Waals surface area (Å²) in [6, 6.07) is 16.9. The number of hydrogen-bond donors (Lipinski definition) is 1. The van der Waals surface area contributed by atoms with Gasteiger partial charge in [-0.1, -0.05) is 48.5 Å². The van der Waals surface area contributed by atoms with Crippen molar-refractivity contribution in [2.24, 2.45) is 5.92 Å². The van der Waals surface area contributed by atoms with E-state index in [1.807, 2.05) is 42.5 Å². The van der Waals surface area contributed by atoms with Crippen molar-refractivity contribution in [2.45, 2.75) is 24.7 Å². The summed E-state index contributed by atoms with van der Waals surface area (Å²) in [7, 11) is 0. The highest BCUT2D eigenvalue weighted by Gasteiger charge is 2.53. The zero-order valence-electron chi connectivity index (χ0n) is 14.0. The van der Waals surface area contributed by atoms with Gasteiger partial charge in [-0.25, -0.2) is 4.39 Å². The molecular weight excluding hydrogens is 321 g/mol. The lowest BCUT2D eigenvalue weighted by Crippen LogP contribution is -2.53. The summed E-state index contributed by atoms with van der Waals surface area (Å²) in [6.45, 7) is 2.02. The van der Waals surface area contributed by atoms with Crippen LogP contribution >= 0.6 is 0 Å². The Hall–Kier alpha value is -1.79. The first kappa shape index (κ1) is 16.7. The summed E-state index contributed by atoms with van der Waals surface area (Å²) in [6.07, 6.45) is 0.542. The van der Waals surface area contributed by atoms with E-state index >= 15 is 0 Å². The van der Waals surface area contributed by atoms with E-state index in [1.165, 1.54) is 6.07 Å². The van der Waals surface area contributed by atoms with Gasteiger partial charge in [-0.05, 0) is 18.1 Å². The fraction of sp³-hybridized carbons (Fsp3) is 0.400. The molecule has 2 aliphatic heterocycles. The zero-order valence-corrected chi connectivity index (χ0v) is 14.0. The van der Waals surface area contributed by atoms with Crippen LogP contribution in [0.1, 0.15) is 17.5 Å². The molecule has 2 saturated heterocycles. The molecule has 0 bridgehead atoms. The number of hydroxylamine groups is 1. The molecule has 25 heavy (non-hydrogen) atoms. The van der Waals surface area contributed by atoms with Crippen molar-refractivity contribution < 1.29 is 18.7 Å². The molecule has 4 rings (SSSR count). The Morgan fingerprint density at radius 2 is 1.92 bits per heavy atom. The molecule has 0 spiro atoms. The molecule has 0 aromatic heterocycles. The van der Waals surface area contributed by atoms with Gasteiger partial charge in [-0.15, -0.1) is 0 Å². The molecule has 1 N–H and O–H groups in total. The number of nitrogens with one attached hydrogen (secondary N) is 1. The Balaban J connectivity index is 1.48. The van der Waals surface area contributed by atoms with Crippen LogP contribution in [-0.4, -0.2) is 25.9 Å². The van der Waals surface area contributed by atoms with Crippen molar-refractivity contribution >= 4 is 0 Å². The van der Waals surface area contributed by atoms with Gasteiger partial charge in [0.1, 0.15) is 5.82 Å². The predicted molar refractivity (Wildman–Crippen MR) is 91.1 cm³/mol. The normalized spacial score (nSPS) is 28.7. The molecule has 2 aliphatic rings. The second-order valence-electron chi connectivity index (χ2n) is 6.63. The van der Waals surface area contributed by atoms with E-state index in [4.69, 9.17) is 14.3 Å². The third-order valence-electron chi connectivity index (χ3n) is 5.18. The summed E-state index contributed by atoms with van der Waals surface area (Å²) >= 11 is 0. The Kier molecular flexibility index (Phi) is 4.81. The summed E-state index contributed by atoms with van der Waals surface area (Å²) in [5, 5.41) is 0. The lowest BCUT2D eigenvalue weighted by molar-refractivity contribution is -0.101. The van der Waals surface area contributed by atoms with Crippen LogP contribution in [0.25, 0.3) is 0 Å². The molecule has 0 radical (unpaired) electrons. The van der Waals surface area contributed by atoms with Crippen LogP contribution in [0, 0.1) is 11.7 Å². The molecule has 3 atom stereocenters. The molecule has 0 saturated carbocycles. The van der Waals surface area contributed by atoms with Gasteiger partial charge in [0.15, 0.2) is 0 Å². The molecule has 132 valence electrons. The first-order valence-corrected chi connectivity index (χ1v) is 8.67. The largest absolute Gasteiger partial charge is 0.375 e. The van der Waals surface area contributed by atoms with E-state index in [9.17, 15) is 4.39 Å². The summed E-state index contributed by atoms with van der Waals surface area (Å²) in [4.78, 5) is 5.55. The topological polar surface area (TPSA) is 39.7 Å². The summed E-state index contributed by atoms with van der Waals surface area (Å²) < 4.78 is 26.3. The molecule has 0 aliphatic carbocycles. The van der Waals surface area contributed by atoms with Crippen molar-refractivity contribution in [3.8, 4) is 0 Å². The fourth-order valence-electron chi connectivity index (χ4n) is 3.87. The van der Waals surface area contributed by atoms with Crippen molar-refractivity contribution in [1.29, 1.82) is 0 Å². The van der Waals surface area contributed by atoms with Crippen LogP contribution in [0.3, 0.4) is 0 Å². The van der Waals surface area contributed by atoms with Crippen LogP contribution in [0.4, 0.5) is 4.39 Å². The fourth-order valence-corrected chi connectivity index (χ4v) is 3.87. The number of hydrogen-bond acceptors (Lipinski definition) is 4. The van der Waals surface area contributed by atoms with Crippen LogP contribution in [0.5, 0.6) is 0 Å². The van der Waals surface area contributed by atoms with Gasteiger partial charge in [-0.3, -0.25) is 0 Å². The highest BCUT2D eigenvalue weighted by atomic mass is 19.1. The number of halogens is 1. The van der Waals surface area contributed by atoms with E-state index in [1.54, 1.807) is 6.07 Å². The number of benzene rings is 2. The van der Waals surface area contributed by atoms with Gasteiger partial charge < -0.3 is 14.3 Å². The van der Waals surface area contributed by atoms with Crippen LogP contribution in [0.2, 0.25) is 0 Å². The molecule has 5 heteroatoms. The third-order valence-corrected chi connectivity index (χ3v) is 5.18. The number of ether oxygens (including phenoxy) is 2. The molecule has 2 fully saturated rings. The van der Waals surface area contributed by atoms with E-state index < -0.39 is 5.54 Å². The van der Waals surface area contributed by atoms with E-state index in [0.717, 1.165) is 5.56 Å². The second kappa shape index (κ2) is 7.22. The van der Waals surface area contributed by atoms with Crippen molar-refractivity contribution in [3.05, 3.63) is 71.5 Å². The van der Waals surface area contributed by atoms with Crippen LogP contribution in [0.15, 0.2) is 54.6 Å². The Morgan fingerprint density at radius 3 is 2.76 bits per heavy atom. The van der Waals surface area contributed by atoms with Gasteiger partial charge in [0.2, 0.25) is 0 Å². The van der Waals surface area contributed by atoms with E-state index in [-0.39, 0.29) is 17.8 Å². The first-order valence-electron chi connectivity index (χ1n) is 8.67. The lowest BCUT2D eigenvalue weighted by atomic mass is 9.73. The van der Waals surface area contributed by atoms with Gasteiger partial charge in [-0.2, -0.15) is 5.48 Å². The minimum absolute atomic E-state index is 0.00826. The second-order valence-corrected chi connectivity index (χ2v) is 6.63. The first-order chi connectivity index (χ1) is 12.3. The van der Waals surface area contributed by atoms with Gasteiger partial charge in [0, 0.05) is 18.1 Å². The van der Waals surface area contributed by atoms with Crippen LogP contribution < -0.4 is 5.48 Å². The lowest BCUT2D eigenvalue weighted by Gasteiger charge is -2.42. The van der Waals surface area contributed by atoms with Crippen molar-refractivity contribution in [3.63, 3.8) is 0 Å². The monoisotopic (exact) mass is 343 g/mol. The molecular formula is C20H22FNO3. The Bertz CT molecular complexity index is 711. The van der Waals surface area contributed by atoms with Crippen molar-refractivity contribution in [2.75, 3.05) is 19.8 Å². The third kappa shape index (κ3) is 3.20. The minimum Gasteiger partial charge on any atom is -0.375 e. The maximum atomic E-state index is 14.4. The van der Waals surface area contributed by atoms with E-state index in [2.05, 4.69) is 5.48 Å². The van der Waals surface area contributed by atoms with Crippen molar-refractivity contribution in [1.82, 2.24) is 5.48 Å². The molecule has 2 aromatic carbocycles. The highest BCUT2D eigenvalue weighted by molar-refractivity contribution is 5.29. The molecule has 2 aromatic rings. The summed E-state index contributed by atoms with van der Waals surface area (Å²) in [5.41, 5.74) is 4.31. The highest BCUT2D eigenvalue weighted by Crippen LogP contribution is 2.44. The predicted octanol–water partition coefficient (Wildman–Crippen LogP) is 3.18.